The van der Waals surface area contributed by atoms with E-state index in [1.807, 2.05) is 12.4 Å². The first-order chi connectivity index (χ1) is 7.58. The van der Waals surface area contributed by atoms with Crippen LogP contribution in [-0.4, -0.2) is 11.8 Å². The molecule has 1 aromatic carbocycles. The van der Waals surface area contributed by atoms with Crippen LogP contribution in [0.1, 0.15) is 0 Å². The summed E-state index contributed by atoms with van der Waals surface area (Å²) in [4.78, 5) is 0. The Hall–Kier alpha value is -0.640. The van der Waals surface area contributed by atoms with Gasteiger partial charge in [-0.05, 0) is 34.3 Å². The molecule has 16 heavy (non-hydrogen) atoms. The largest absolute Gasteiger partial charge is 0.356 e. The van der Waals surface area contributed by atoms with Crippen LogP contribution in [0.3, 0.4) is 0 Å². The van der Waals surface area contributed by atoms with Gasteiger partial charge >= 0.3 is 0 Å². The van der Waals surface area contributed by atoms with Gasteiger partial charge in [0.1, 0.15) is 5.82 Å². The summed E-state index contributed by atoms with van der Waals surface area (Å²) in [6.45, 7) is 0. The number of nitrogens with one attached hydrogen (secondary N) is 2. The number of rotatable bonds is 4. The van der Waals surface area contributed by atoms with E-state index in [9.17, 15) is 4.39 Å². The second-order valence-corrected chi connectivity index (χ2v) is 4.91. The van der Waals surface area contributed by atoms with Crippen LogP contribution in [0.2, 0.25) is 5.02 Å². The van der Waals surface area contributed by atoms with Crippen molar-refractivity contribution in [3.05, 3.63) is 27.4 Å². The van der Waals surface area contributed by atoms with Crippen molar-refractivity contribution in [2.75, 3.05) is 11.6 Å². The quantitative estimate of drug-likeness (QED) is 0.386. The smallest absolute Gasteiger partial charge is 0.178 e. The zero-order valence-corrected chi connectivity index (χ0v) is 11.4. The van der Waals surface area contributed by atoms with Crippen molar-refractivity contribution in [3.63, 3.8) is 0 Å². The van der Waals surface area contributed by atoms with Crippen molar-refractivity contribution in [3.8, 4) is 6.19 Å². The van der Waals surface area contributed by atoms with Gasteiger partial charge in [0.05, 0.1) is 9.50 Å². The average Bonchev–Trinajstić information content (AvgIpc) is 2.25. The highest BCUT2D eigenvalue weighted by Crippen LogP contribution is 2.29. The molecule has 2 N–H and O–H groups in total. The van der Waals surface area contributed by atoms with Gasteiger partial charge < -0.3 is 5.32 Å². The van der Waals surface area contributed by atoms with Crippen LogP contribution in [0, 0.1) is 17.3 Å². The van der Waals surface area contributed by atoms with E-state index in [1.54, 1.807) is 6.07 Å². The Bertz CT molecular complexity index is 401. The molecule has 86 valence electrons. The number of hydrogen-bond acceptors (Lipinski definition) is 4. The molecule has 0 aliphatic heterocycles. The van der Waals surface area contributed by atoms with E-state index in [2.05, 4.69) is 26.6 Å². The Labute approximate surface area is 110 Å². The average molecular weight is 325 g/mol. The van der Waals surface area contributed by atoms with Crippen molar-refractivity contribution in [1.82, 2.24) is 5.32 Å². The van der Waals surface area contributed by atoms with Gasteiger partial charge in [-0.3, -0.25) is 5.32 Å². The minimum absolute atomic E-state index is 0.230. The zero-order valence-electron chi connectivity index (χ0n) is 8.22. The third-order valence-corrected chi connectivity index (χ3v) is 3.75. The highest BCUT2D eigenvalue weighted by Gasteiger charge is 2.10. The Morgan fingerprint density at radius 1 is 1.62 bits per heavy atom. The highest BCUT2D eigenvalue weighted by molar-refractivity contribution is 9.10. The minimum Gasteiger partial charge on any atom is -0.356 e. The first-order valence-corrected chi connectivity index (χ1v) is 6.63. The number of nitrogens with zero attached hydrogens (tertiary/aromatic N) is 1. The summed E-state index contributed by atoms with van der Waals surface area (Å²) in [5.74, 6) is -0.452. The fourth-order valence-electron chi connectivity index (χ4n) is 1.00. The standard InChI is InChI=1S/C9H8BrClFN3S/c1-16-9(14-4-13)15-5-2-6(11)8(10)7(12)3-5/h2-3,9,14-15H,1H3. The second-order valence-electron chi connectivity index (χ2n) is 2.77. The first-order valence-electron chi connectivity index (χ1n) is 4.17. The molecule has 0 amide bonds. The van der Waals surface area contributed by atoms with Gasteiger partial charge in [0.15, 0.2) is 11.7 Å². The molecule has 0 spiro atoms. The Balaban J connectivity index is 2.85. The van der Waals surface area contributed by atoms with E-state index < -0.39 is 5.82 Å². The van der Waals surface area contributed by atoms with Crippen LogP contribution in [0.25, 0.3) is 0 Å². The summed E-state index contributed by atoms with van der Waals surface area (Å²) in [5, 5.41) is 14.2. The van der Waals surface area contributed by atoms with E-state index >= 15 is 0 Å². The molecule has 0 saturated heterocycles. The summed E-state index contributed by atoms with van der Waals surface area (Å²) >= 11 is 10.2. The van der Waals surface area contributed by atoms with E-state index in [-0.39, 0.29) is 15.0 Å². The molecule has 0 aliphatic carbocycles. The van der Waals surface area contributed by atoms with Crippen molar-refractivity contribution in [1.29, 1.82) is 5.26 Å². The maximum Gasteiger partial charge on any atom is 0.178 e. The van der Waals surface area contributed by atoms with Crippen molar-refractivity contribution >= 4 is 45.0 Å². The van der Waals surface area contributed by atoms with Crippen molar-refractivity contribution in [2.45, 2.75) is 5.50 Å². The van der Waals surface area contributed by atoms with Crippen LogP contribution in [-0.2, 0) is 0 Å². The molecule has 0 heterocycles. The predicted octanol–water partition coefficient (Wildman–Crippen LogP) is 3.37. The van der Waals surface area contributed by atoms with Gasteiger partial charge in [-0.1, -0.05) is 11.6 Å². The highest BCUT2D eigenvalue weighted by atomic mass is 79.9. The van der Waals surface area contributed by atoms with Gasteiger partial charge in [0.2, 0.25) is 0 Å². The second kappa shape index (κ2) is 6.18. The summed E-state index contributed by atoms with van der Waals surface area (Å²) in [7, 11) is 0. The number of anilines is 1. The maximum absolute atomic E-state index is 13.3. The Morgan fingerprint density at radius 2 is 2.31 bits per heavy atom. The lowest BCUT2D eigenvalue weighted by atomic mass is 10.3. The number of benzene rings is 1. The van der Waals surface area contributed by atoms with Gasteiger partial charge in [-0.25, -0.2) is 4.39 Å². The molecule has 1 atom stereocenters. The summed E-state index contributed by atoms with van der Waals surface area (Å²) in [6.07, 6.45) is 3.63. The Kier molecular flexibility index (Phi) is 5.19. The molecular weight excluding hydrogens is 317 g/mol. The lowest BCUT2D eigenvalue weighted by Crippen LogP contribution is -2.29. The van der Waals surface area contributed by atoms with Crippen molar-refractivity contribution in [2.24, 2.45) is 0 Å². The van der Waals surface area contributed by atoms with Gasteiger partial charge in [0.25, 0.3) is 0 Å². The van der Waals surface area contributed by atoms with E-state index in [1.165, 1.54) is 17.8 Å². The van der Waals surface area contributed by atoms with Gasteiger partial charge in [-0.15, -0.1) is 11.8 Å². The number of hydrogen-bond donors (Lipinski definition) is 2. The van der Waals surface area contributed by atoms with Crippen molar-refractivity contribution < 1.29 is 4.39 Å². The van der Waals surface area contributed by atoms with E-state index in [4.69, 9.17) is 16.9 Å². The lowest BCUT2D eigenvalue weighted by molar-refractivity contribution is 0.621. The normalized spacial score (nSPS) is 11.7. The third kappa shape index (κ3) is 3.44. The zero-order chi connectivity index (χ0) is 12.1. The fourth-order valence-corrected chi connectivity index (χ4v) is 1.86. The van der Waals surface area contributed by atoms with Crippen LogP contribution in [0.5, 0.6) is 0 Å². The molecule has 1 unspecified atom stereocenters. The molecule has 0 fully saturated rings. The first kappa shape index (κ1) is 13.4. The predicted molar refractivity (Wildman–Crippen MR) is 68.8 cm³/mol. The minimum atomic E-state index is -0.452. The molecule has 3 nitrogen and oxygen atoms in total. The Morgan fingerprint density at radius 3 is 2.81 bits per heavy atom. The number of nitriles is 1. The summed E-state index contributed by atoms with van der Waals surface area (Å²) in [6, 6.07) is 2.88. The molecule has 0 aliphatic rings. The van der Waals surface area contributed by atoms with E-state index in [0.29, 0.717) is 5.69 Å². The van der Waals surface area contributed by atoms with Crippen LogP contribution < -0.4 is 10.6 Å². The van der Waals surface area contributed by atoms with Gasteiger partial charge in [0, 0.05) is 5.69 Å². The van der Waals surface area contributed by atoms with Gasteiger partial charge in [-0.2, -0.15) is 5.26 Å². The van der Waals surface area contributed by atoms with Crippen LogP contribution in [0.15, 0.2) is 16.6 Å². The van der Waals surface area contributed by atoms with Crippen LogP contribution in [0.4, 0.5) is 10.1 Å². The topological polar surface area (TPSA) is 47.9 Å². The van der Waals surface area contributed by atoms with Crippen LogP contribution >= 0.6 is 39.3 Å². The molecule has 0 saturated carbocycles. The molecular formula is C9H8BrClFN3S. The maximum atomic E-state index is 13.3. The molecule has 1 rings (SSSR count). The molecule has 0 radical (unpaired) electrons. The molecule has 7 heteroatoms. The monoisotopic (exact) mass is 323 g/mol. The number of thioether (sulfide) groups is 1. The number of halogens is 3. The SMILES string of the molecule is CSC(NC#N)Nc1cc(F)c(Br)c(Cl)c1. The summed E-state index contributed by atoms with van der Waals surface area (Å²) < 4.78 is 13.5. The molecule has 0 aromatic heterocycles. The molecule has 1 aromatic rings. The molecule has 0 bridgehead atoms. The third-order valence-electron chi connectivity index (χ3n) is 1.71. The van der Waals surface area contributed by atoms with E-state index in [0.717, 1.165) is 0 Å². The summed E-state index contributed by atoms with van der Waals surface area (Å²) in [5.41, 5.74) is 0.189. The fraction of sp³-hybridized carbons (Fsp3) is 0.222. The lowest BCUT2D eigenvalue weighted by Gasteiger charge is -2.16.